The molecule has 5 heteroatoms. The number of thiazole rings is 1. The molecule has 2 aromatic heterocycles. The highest BCUT2D eigenvalue weighted by Crippen LogP contribution is 2.19. The number of fused-ring (bicyclic) bond motifs is 1. The number of thiophene rings is 1. The Morgan fingerprint density at radius 2 is 2.22 bits per heavy atom. The first-order chi connectivity index (χ1) is 11.2. The summed E-state index contributed by atoms with van der Waals surface area (Å²) in [6.45, 7) is 5.08. The van der Waals surface area contributed by atoms with Crippen LogP contribution in [0, 0.1) is 6.92 Å². The molecule has 0 saturated heterocycles. The Hall–Kier alpha value is -1.98. The van der Waals surface area contributed by atoms with Crippen molar-refractivity contribution >= 4 is 44.9 Å². The van der Waals surface area contributed by atoms with Crippen LogP contribution in [-0.2, 0) is 11.3 Å². The standard InChI is InChI=1S/C18H18N2OS2/c1-3-10-20-15-8-6-13(2)12-16(15)23-18(20)19-17(21)9-7-14-5-4-11-22-14/h4-9,11-12H,3,10H2,1-2H3/b9-7+,19-18?. The molecule has 23 heavy (non-hydrogen) atoms. The molecule has 3 rings (SSSR count). The molecule has 0 spiro atoms. The fourth-order valence-electron chi connectivity index (χ4n) is 2.38. The number of nitrogens with zero attached hydrogens (tertiary/aromatic N) is 2. The van der Waals surface area contributed by atoms with Crippen molar-refractivity contribution in [1.82, 2.24) is 4.57 Å². The molecule has 0 saturated carbocycles. The second-order valence-electron chi connectivity index (χ2n) is 5.31. The first kappa shape index (κ1) is 15.9. The number of hydrogen-bond acceptors (Lipinski definition) is 3. The van der Waals surface area contributed by atoms with Gasteiger partial charge in [-0.3, -0.25) is 4.79 Å². The lowest BCUT2D eigenvalue weighted by atomic mass is 10.2. The maximum Gasteiger partial charge on any atom is 0.272 e. The smallest absolute Gasteiger partial charge is 0.272 e. The third kappa shape index (κ3) is 3.68. The van der Waals surface area contributed by atoms with E-state index in [1.54, 1.807) is 22.7 Å². The second kappa shape index (κ2) is 7.06. The Labute approximate surface area is 143 Å². The minimum Gasteiger partial charge on any atom is -0.316 e. The van der Waals surface area contributed by atoms with Gasteiger partial charge in [-0.1, -0.05) is 30.4 Å². The van der Waals surface area contributed by atoms with Crippen molar-refractivity contribution < 1.29 is 4.79 Å². The van der Waals surface area contributed by atoms with Crippen molar-refractivity contribution in [1.29, 1.82) is 0 Å². The molecule has 2 heterocycles. The number of carbonyl (C=O) groups is 1. The van der Waals surface area contributed by atoms with Gasteiger partial charge in [-0.2, -0.15) is 4.99 Å². The third-order valence-electron chi connectivity index (χ3n) is 3.42. The highest BCUT2D eigenvalue weighted by Gasteiger charge is 2.06. The lowest BCUT2D eigenvalue weighted by molar-refractivity contribution is -0.113. The number of aromatic nitrogens is 1. The Bertz CT molecular complexity index is 914. The van der Waals surface area contributed by atoms with E-state index < -0.39 is 0 Å². The summed E-state index contributed by atoms with van der Waals surface area (Å²) in [6, 6.07) is 10.3. The number of rotatable bonds is 4. The molecule has 0 aliphatic rings. The molecule has 0 atom stereocenters. The predicted molar refractivity (Wildman–Crippen MR) is 98.8 cm³/mol. The first-order valence-corrected chi connectivity index (χ1v) is 9.27. The molecular formula is C18H18N2OS2. The Kier molecular flexibility index (Phi) is 4.88. The van der Waals surface area contributed by atoms with E-state index in [-0.39, 0.29) is 5.91 Å². The van der Waals surface area contributed by atoms with Crippen molar-refractivity contribution in [2.45, 2.75) is 26.8 Å². The van der Waals surface area contributed by atoms with Gasteiger partial charge in [0, 0.05) is 17.5 Å². The molecule has 0 radical (unpaired) electrons. The molecule has 0 unspecified atom stereocenters. The van der Waals surface area contributed by atoms with Crippen LogP contribution in [0.5, 0.6) is 0 Å². The van der Waals surface area contributed by atoms with Gasteiger partial charge in [0.2, 0.25) is 0 Å². The van der Waals surface area contributed by atoms with Gasteiger partial charge < -0.3 is 4.57 Å². The summed E-state index contributed by atoms with van der Waals surface area (Å²) in [4.78, 5) is 18.3. The molecular weight excluding hydrogens is 324 g/mol. The Morgan fingerprint density at radius 1 is 1.35 bits per heavy atom. The van der Waals surface area contributed by atoms with Crippen molar-refractivity contribution in [3.63, 3.8) is 0 Å². The van der Waals surface area contributed by atoms with E-state index in [9.17, 15) is 4.79 Å². The number of aryl methyl sites for hydroxylation is 2. The number of carbonyl (C=O) groups excluding carboxylic acids is 1. The zero-order valence-corrected chi connectivity index (χ0v) is 14.8. The zero-order valence-electron chi connectivity index (χ0n) is 13.2. The minimum absolute atomic E-state index is 0.216. The summed E-state index contributed by atoms with van der Waals surface area (Å²) in [6.07, 6.45) is 4.36. The number of benzene rings is 1. The van der Waals surface area contributed by atoms with Gasteiger partial charge in [0.15, 0.2) is 4.80 Å². The van der Waals surface area contributed by atoms with Gasteiger partial charge in [-0.05, 0) is 48.6 Å². The SMILES string of the molecule is CCCn1c(=NC(=O)/C=C/c2cccs2)sc2cc(C)ccc21. The fraction of sp³-hybridized carbons (Fsp3) is 0.222. The van der Waals surface area contributed by atoms with Crippen LogP contribution < -0.4 is 4.80 Å². The normalized spacial score (nSPS) is 12.5. The van der Waals surface area contributed by atoms with Gasteiger partial charge >= 0.3 is 0 Å². The Morgan fingerprint density at radius 3 is 2.96 bits per heavy atom. The van der Waals surface area contributed by atoms with Crippen LogP contribution in [-0.4, -0.2) is 10.5 Å². The summed E-state index contributed by atoms with van der Waals surface area (Å²) in [5.74, 6) is -0.216. The van der Waals surface area contributed by atoms with Crippen LogP contribution in [0.2, 0.25) is 0 Å². The van der Waals surface area contributed by atoms with E-state index in [4.69, 9.17) is 0 Å². The van der Waals surface area contributed by atoms with Crippen LogP contribution in [0.4, 0.5) is 0 Å². The van der Waals surface area contributed by atoms with Gasteiger partial charge in [0.25, 0.3) is 5.91 Å². The zero-order chi connectivity index (χ0) is 16.2. The maximum absolute atomic E-state index is 12.2. The average molecular weight is 342 g/mol. The maximum atomic E-state index is 12.2. The van der Waals surface area contributed by atoms with Crippen molar-refractivity contribution in [3.8, 4) is 0 Å². The lowest BCUT2D eigenvalue weighted by Gasteiger charge is -2.02. The number of hydrogen-bond donors (Lipinski definition) is 0. The number of amides is 1. The molecule has 118 valence electrons. The summed E-state index contributed by atoms with van der Waals surface area (Å²) in [7, 11) is 0. The van der Waals surface area contributed by atoms with Crippen molar-refractivity contribution in [2.24, 2.45) is 4.99 Å². The predicted octanol–water partition coefficient (Wildman–Crippen LogP) is 4.62. The molecule has 0 fully saturated rings. The van der Waals surface area contributed by atoms with Crippen LogP contribution in [0.15, 0.2) is 46.8 Å². The van der Waals surface area contributed by atoms with E-state index >= 15 is 0 Å². The van der Waals surface area contributed by atoms with Crippen molar-refractivity contribution in [3.05, 3.63) is 57.0 Å². The van der Waals surface area contributed by atoms with E-state index in [1.165, 1.54) is 16.3 Å². The van der Waals surface area contributed by atoms with E-state index in [0.29, 0.717) is 0 Å². The van der Waals surface area contributed by atoms with E-state index in [0.717, 1.165) is 28.2 Å². The van der Waals surface area contributed by atoms with Crippen LogP contribution >= 0.6 is 22.7 Å². The van der Waals surface area contributed by atoms with Gasteiger partial charge in [-0.25, -0.2) is 0 Å². The molecule has 0 aliphatic carbocycles. The summed E-state index contributed by atoms with van der Waals surface area (Å²) in [5.41, 5.74) is 2.37. The van der Waals surface area contributed by atoms with Gasteiger partial charge in [-0.15, -0.1) is 11.3 Å². The molecule has 0 aliphatic heterocycles. The summed E-state index contributed by atoms with van der Waals surface area (Å²) in [5, 5.41) is 1.99. The summed E-state index contributed by atoms with van der Waals surface area (Å²) < 4.78 is 3.31. The highest BCUT2D eigenvalue weighted by atomic mass is 32.1. The lowest BCUT2D eigenvalue weighted by Crippen LogP contribution is -2.16. The average Bonchev–Trinajstić information content (AvgIpc) is 3.14. The van der Waals surface area contributed by atoms with Gasteiger partial charge in [0.05, 0.1) is 10.2 Å². The second-order valence-corrected chi connectivity index (χ2v) is 7.29. The molecule has 1 amide bonds. The van der Waals surface area contributed by atoms with E-state index in [2.05, 4.69) is 41.6 Å². The summed E-state index contributed by atoms with van der Waals surface area (Å²) >= 11 is 3.18. The fourth-order valence-corrected chi connectivity index (χ4v) is 4.15. The van der Waals surface area contributed by atoms with Crippen LogP contribution in [0.3, 0.4) is 0 Å². The van der Waals surface area contributed by atoms with Crippen molar-refractivity contribution in [2.75, 3.05) is 0 Å². The van der Waals surface area contributed by atoms with Crippen LogP contribution in [0.25, 0.3) is 16.3 Å². The Balaban J connectivity index is 2.00. The molecule has 0 N–H and O–H groups in total. The third-order valence-corrected chi connectivity index (χ3v) is 5.30. The molecule has 0 bridgehead atoms. The first-order valence-electron chi connectivity index (χ1n) is 7.57. The minimum atomic E-state index is -0.216. The molecule has 3 aromatic rings. The topological polar surface area (TPSA) is 34.4 Å². The molecule has 3 nitrogen and oxygen atoms in total. The van der Waals surface area contributed by atoms with E-state index in [1.807, 2.05) is 23.6 Å². The molecule has 1 aromatic carbocycles. The quantitative estimate of drug-likeness (QED) is 0.637. The highest BCUT2D eigenvalue weighted by molar-refractivity contribution is 7.16. The monoisotopic (exact) mass is 342 g/mol. The largest absolute Gasteiger partial charge is 0.316 e. The van der Waals surface area contributed by atoms with Crippen LogP contribution in [0.1, 0.15) is 23.8 Å². The van der Waals surface area contributed by atoms with Gasteiger partial charge in [0.1, 0.15) is 0 Å².